The number of ketones is 1. The second kappa shape index (κ2) is 2.97. The Bertz CT molecular complexity index is 329. The Morgan fingerprint density at radius 1 is 1.29 bits per heavy atom. The van der Waals surface area contributed by atoms with Crippen LogP contribution in [0.25, 0.3) is 0 Å². The standard InChI is InChI=1S/C12H15NO/c14-12(10-6-3-7-13-10)11-8-4-1-2-5-9(8)11/h3,6-9,11,13H,1-2,4-5H2. The molecule has 2 heteroatoms. The zero-order valence-corrected chi connectivity index (χ0v) is 8.20. The van der Waals surface area contributed by atoms with Crippen LogP contribution < -0.4 is 0 Å². The SMILES string of the molecule is O=C(c1ccc[nH]1)C1C2CCCCC21. The molecule has 0 aliphatic heterocycles. The second-order valence-electron chi connectivity index (χ2n) is 4.59. The van der Waals surface area contributed by atoms with Crippen LogP contribution in [0.5, 0.6) is 0 Å². The molecular formula is C12H15NO. The third kappa shape index (κ3) is 1.13. The van der Waals surface area contributed by atoms with Gasteiger partial charge in [0.05, 0.1) is 5.69 Å². The topological polar surface area (TPSA) is 32.9 Å². The summed E-state index contributed by atoms with van der Waals surface area (Å²) in [5.41, 5.74) is 0.810. The molecule has 0 saturated heterocycles. The first-order valence-electron chi connectivity index (χ1n) is 5.55. The molecule has 0 spiro atoms. The van der Waals surface area contributed by atoms with Crippen molar-refractivity contribution < 1.29 is 4.79 Å². The lowest BCUT2D eigenvalue weighted by atomic mass is 10.0. The summed E-state index contributed by atoms with van der Waals surface area (Å²) in [4.78, 5) is 15.0. The number of nitrogens with one attached hydrogen (secondary N) is 1. The second-order valence-corrected chi connectivity index (χ2v) is 4.59. The largest absolute Gasteiger partial charge is 0.359 e. The molecule has 3 rings (SSSR count). The predicted molar refractivity (Wildman–Crippen MR) is 54.1 cm³/mol. The summed E-state index contributed by atoms with van der Waals surface area (Å²) in [5, 5.41) is 0. The fourth-order valence-corrected chi connectivity index (χ4v) is 3.04. The molecule has 0 radical (unpaired) electrons. The van der Waals surface area contributed by atoms with Crippen molar-refractivity contribution in [3.63, 3.8) is 0 Å². The molecule has 2 fully saturated rings. The Kier molecular flexibility index (Phi) is 1.76. The summed E-state index contributed by atoms with van der Waals surface area (Å²) < 4.78 is 0. The summed E-state index contributed by atoms with van der Waals surface area (Å²) in [6, 6.07) is 3.80. The van der Waals surface area contributed by atoms with Crippen LogP contribution in [0.15, 0.2) is 18.3 Å². The molecule has 1 heterocycles. The molecule has 2 aliphatic carbocycles. The van der Waals surface area contributed by atoms with Gasteiger partial charge in [0.25, 0.3) is 0 Å². The highest BCUT2D eigenvalue weighted by Crippen LogP contribution is 2.56. The highest BCUT2D eigenvalue weighted by molar-refractivity contribution is 5.98. The molecule has 0 aromatic carbocycles. The molecule has 1 N–H and O–H groups in total. The minimum absolute atomic E-state index is 0.354. The Labute approximate surface area is 83.7 Å². The summed E-state index contributed by atoms with van der Waals surface area (Å²) >= 11 is 0. The average Bonchev–Trinajstić information content (AvgIpc) is 2.70. The van der Waals surface area contributed by atoms with Gasteiger partial charge in [0.1, 0.15) is 0 Å². The third-order valence-electron chi connectivity index (χ3n) is 3.82. The van der Waals surface area contributed by atoms with Crippen LogP contribution in [0, 0.1) is 17.8 Å². The van der Waals surface area contributed by atoms with E-state index in [1.165, 1.54) is 25.7 Å². The van der Waals surface area contributed by atoms with Crippen LogP contribution in [0.1, 0.15) is 36.2 Å². The number of hydrogen-bond acceptors (Lipinski definition) is 1. The fraction of sp³-hybridized carbons (Fsp3) is 0.583. The van der Waals surface area contributed by atoms with Gasteiger partial charge in [0.15, 0.2) is 5.78 Å². The van der Waals surface area contributed by atoms with E-state index < -0.39 is 0 Å². The van der Waals surface area contributed by atoms with E-state index in [1.54, 1.807) is 0 Å². The van der Waals surface area contributed by atoms with Gasteiger partial charge in [-0.15, -0.1) is 0 Å². The lowest BCUT2D eigenvalue weighted by molar-refractivity contribution is 0.0952. The minimum atomic E-state index is 0.354. The molecule has 0 amide bonds. The summed E-state index contributed by atoms with van der Waals surface area (Å²) in [6.45, 7) is 0. The third-order valence-corrected chi connectivity index (χ3v) is 3.82. The number of aromatic amines is 1. The van der Waals surface area contributed by atoms with E-state index in [4.69, 9.17) is 0 Å². The molecular weight excluding hydrogens is 174 g/mol. The van der Waals surface area contributed by atoms with Gasteiger partial charge in [-0.25, -0.2) is 0 Å². The molecule has 2 nitrogen and oxygen atoms in total. The van der Waals surface area contributed by atoms with Crippen molar-refractivity contribution in [2.75, 3.05) is 0 Å². The van der Waals surface area contributed by atoms with E-state index >= 15 is 0 Å². The highest BCUT2D eigenvalue weighted by Gasteiger charge is 2.54. The Hall–Kier alpha value is -1.05. The van der Waals surface area contributed by atoms with E-state index in [9.17, 15) is 4.79 Å². The van der Waals surface area contributed by atoms with Gasteiger partial charge in [-0.3, -0.25) is 4.79 Å². The quantitative estimate of drug-likeness (QED) is 0.713. The van der Waals surface area contributed by atoms with Crippen LogP contribution in [-0.2, 0) is 0 Å². The van der Waals surface area contributed by atoms with Crippen molar-refractivity contribution >= 4 is 5.78 Å². The van der Waals surface area contributed by atoms with Gasteiger partial charge >= 0.3 is 0 Å². The first-order valence-corrected chi connectivity index (χ1v) is 5.55. The number of carbonyl (C=O) groups excluding carboxylic acids is 1. The normalized spacial score (nSPS) is 35.0. The van der Waals surface area contributed by atoms with E-state index in [0.717, 1.165) is 17.5 Å². The Morgan fingerprint density at radius 2 is 2.00 bits per heavy atom. The number of Topliss-reactive ketones (excluding diaryl/α,β-unsaturated/α-hetero) is 1. The molecule has 74 valence electrons. The molecule has 2 saturated carbocycles. The lowest BCUT2D eigenvalue weighted by Gasteiger charge is -2.04. The first-order chi connectivity index (χ1) is 6.88. The van der Waals surface area contributed by atoms with E-state index in [-0.39, 0.29) is 0 Å². The zero-order valence-electron chi connectivity index (χ0n) is 8.20. The number of carbonyl (C=O) groups is 1. The maximum atomic E-state index is 12.0. The van der Waals surface area contributed by atoms with Gasteiger partial charge in [0, 0.05) is 12.1 Å². The van der Waals surface area contributed by atoms with Crippen LogP contribution in [-0.4, -0.2) is 10.8 Å². The van der Waals surface area contributed by atoms with Crippen LogP contribution >= 0.6 is 0 Å². The van der Waals surface area contributed by atoms with Crippen LogP contribution in [0.4, 0.5) is 0 Å². The van der Waals surface area contributed by atoms with Crippen molar-refractivity contribution in [2.24, 2.45) is 17.8 Å². The maximum Gasteiger partial charge on any atom is 0.182 e. The smallest absolute Gasteiger partial charge is 0.182 e. The zero-order chi connectivity index (χ0) is 9.54. The van der Waals surface area contributed by atoms with Gasteiger partial charge in [-0.05, 0) is 36.8 Å². The first kappa shape index (κ1) is 8.27. The lowest BCUT2D eigenvalue weighted by Crippen LogP contribution is -2.04. The number of aromatic nitrogens is 1. The van der Waals surface area contributed by atoms with Crippen molar-refractivity contribution in [1.82, 2.24) is 4.98 Å². The van der Waals surface area contributed by atoms with E-state index in [1.807, 2.05) is 18.3 Å². The van der Waals surface area contributed by atoms with Gasteiger partial charge in [-0.2, -0.15) is 0 Å². The minimum Gasteiger partial charge on any atom is -0.359 e. The molecule has 14 heavy (non-hydrogen) atoms. The van der Waals surface area contributed by atoms with Crippen molar-refractivity contribution in [3.05, 3.63) is 24.0 Å². The summed E-state index contributed by atoms with van der Waals surface area (Å²) in [7, 11) is 0. The summed E-state index contributed by atoms with van der Waals surface area (Å²) in [6.07, 6.45) is 7.05. The molecule has 1 aromatic rings. The van der Waals surface area contributed by atoms with Crippen molar-refractivity contribution in [1.29, 1.82) is 0 Å². The van der Waals surface area contributed by atoms with Gasteiger partial charge in [0.2, 0.25) is 0 Å². The maximum absolute atomic E-state index is 12.0. The number of rotatable bonds is 2. The fourth-order valence-electron chi connectivity index (χ4n) is 3.04. The average molecular weight is 189 g/mol. The number of hydrogen-bond donors (Lipinski definition) is 1. The Morgan fingerprint density at radius 3 is 2.57 bits per heavy atom. The molecule has 1 aromatic heterocycles. The predicted octanol–water partition coefficient (Wildman–Crippen LogP) is 2.63. The molecule has 0 bridgehead atoms. The van der Waals surface area contributed by atoms with E-state index in [2.05, 4.69) is 4.98 Å². The highest BCUT2D eigenvalue weighted by atomic mass is 16.1. The summed E-state index contributed by atoms with van der Waals surface area (Å²) in [5.74, 6) is 2.15. The Balaban J connectivity index is 1.76. The van der Waals surface area contributed by atoms with Crippen LogP contribution in [0.2, 0.25) is 0 Å². The number of fused-ring (bicyclic) bond motifs is 1. The molecule has 2 atom stereocenters. The molecule has 2 aliphatic rings. The van der Waals surface area contributed by atoms with Crippen molar-refractivity contribution in [3.8, 4) is 0 Å². The van der Waals surface area contributed by atoms with Gasteiger partial charge in [-0.1, -0.05) is 12.8 Å². The number of H-pyrrole nitrogens is 1. The van der Waals surface area contributed by atoms with Crippen LogP contribution in [0.3, 0.4) is 0 Å². The monoisotopic (exact) mass is 189 g/mol. The van der Waals surface area contributed by atoms with E-state index in [0.29, 0.717) is 11.7 Å². The van der Waals surface area contributed by atoms with Crippen molar-refractivity contribution in [2.45, 2.75) is 25.7 Å². The molecule has 2 unspecified atom stereocenters. The van der Waals surface area contributed by atoms with Gasteiger partial charge < -0.3 is 4.98 Å².